The van der Waals surface area contributed by atoms with Gasteiger partial charge in [-0.3, -0.25) is 9.69 Å². The third kappa shape index (κ3) is 3.23. The van der Waals surface area contributed by atoms with Crippen LogP contribution in [0.15, 0.2) is 65.6 Å². The highest BCUT2D eigenvalue weighted by molar-refractivity contribution is 7.98. The van der Waals surface area contributed by atoms with Gasteiger partial charge in [-0.25, -0.2) is 4.79 Å². The molecule has 148 valence electrons. The van der Waals surface area contributed by atoms with Gasteiger partial charge in [0.05, 0.1) is 13.7 Å². The van der Waals surface area contributed by atoms with Gasteiger partial charge in [0.15, 0.2) is 0 Å². The summed E-state index contributed by atoms with van der Waals surface area (Å²) in [4.78, 5) is 28.4. The topological polar surface area (TPSA) is 58.6 Å². The molecule has 0 aromatic heterocycles. The molecule has 1 unspecified atom stereocenters. The number of nitrogens with one attached hydrogen (secondary N) is 1. The Morgan fingerprint density at radius 1 is 1.07 bits per heavy atom. The van der Waals surface area contributed by atoms with E-state index >= 15 is 0 Å². The van der Waals surface area contributed by atoms with Crippen molar-refractivity contribution >= 4 is 34.5 Å². The van der Waals surface area contributed by atoms with Crippen LogP contribution in [0.25, 0.3) is 10.8 Å². The number of carbonyl (C=O) groups excluding carboxylic acids is 2. The third-order valence-corrected chi connectivity index (χ3v) is 6.17. The van der Waals surface area contributed by atoms with Gasteiger partial charge in [0.2, 0.25) is 0 Å². The van der Waals surface area contributed by atoms with Crippen LogP contribution in [0.2, 0.25) is 0 Å². The quantitative estimate of drug-likeness (QED) is 0.499. The molecule has 1 aliphatic heterocycles. The molecule has 1 atom stereocenters. The molecular formula is C23H22N2O3S. The maximum absolute atomic E-state index is 13.4. The molecule has 0 radical (unpaired) electrons. The molecule has 1 heterocycles. The Morgan fingerprint density at radius 3 is 2.59 bits per heavy atom. The van der Waals surface area contributed by atoms with Crippen LogP contribution < -0.4 is 10.1 Å². The minimum atomic E-state index is -1.11. The minimum absolute atomic E-state index is 0.191. The molecule has 5 nitrogen and oxygen atoms in total. The molecule has 3 aromatic rings. The van der Waals surface area contributed by atoms with Crippen LogP contribution in [0.3, 0.4) is 0 Å². The van der Waals surface area contributed by atoms with Crippen LogP contribution >= 0.6 is 11.8 Å². The van der Waals surface area contributed by atoms with E-state index in [1.165, 1.54) is 4.90 Å². The SMILES string of the molecule is COc1cc(CN2C(=O)NC(C)(c3cccc4ccccc34)C2=O)ccc1SC. The number of ether oxygens (including phenoxy) is 1. The van der Waals surface area contributed by atoms with Crippen LogP contribution in [-0.4, -0.2) is 30.2 Å². The average Bonchev–Trinajstić information content (AvgIpc) is 2.97. The summed E-state index contributed by atoms with van der Waals surface area (Å²) in [5.41, 5.74) is 0.526. The number of imide groups is 1. The first-order valence-electron chi connectivity index (χ1n) is 9.31. The van der Waals surface area contributed by atoms with Crippen molar-refractivity contribution in [2.45, 2.75) is 23.9 Å². The monoisotopic (exact) mass is 406 g/mol. The maximum Gasteiger partial charge on any atom is 0.325 e. The fourth-order valence-corrected chi connectivity index (χ4v) is 4.39. The Morgan fingerprint density at radius 2 is 1.83 bits per heavy atom. The zero-order valence-corrected chi connectivity index (χ0v) is 17.4. The van der Waals surface area contributed by atoms with Gasteiger partial charge < -0.3 is 10.1 Å². The van der Waals surface area contributed by atoms with Crippen molar-refractivity contribution in [3.05, 3.63) is 71.8 Å². The van der Waals surface area contributed by atoms with E-state index in [9.17, 15) is 9.59 Å². The summed E-state index contributed by atoms with van der Waals surface area (Å²) in [6.07, 6.45) is 1.98. The Hall–Kier alpha value is -2.99. The first kappa shape index (κ1) is 19.3. The molecule has 6 heteroatoms. The zero-order valence-electron chi connectivity index (χ0n) is 16.6. The smallest absolute Gasteiger partial charge is 0.325 e. The summed E-state index contributed by atoms with van der Waals surface area (Å²) in [5, 5.41) is 4.90. The van der Waals surface area contributed by atoms with Gasteiger partial charge in [-0.15, -0.1) is 11.8 Å². The second-order valence-corrected chi connectivity index (χ2v) is 8.01. The highest BCUT2D eigenvalue weighted by Gasteiger charge is 2.49. The summed E-state index contributed by atoms with van der Waals surface area (Å²) in [6, 6.07) is 19.0. The van der Waals surface area contributed by atoms with E-state index in [2.05, 4.69) is 5.32 Å². The number of rotatable bonds is 5. The standard InChI is InChI=1S/C23H22N2O3S/c1-23(18-10-6-8-16-7-4-5-9-17(16)18)21(26)25(22(27)24-23)14-15-11-12-20(29-3)19(13-15)28-2/h4-13H,14H2,1-3H3,(H,24,27). The second-order valence-electron chi connectivity index (χ2n) is 7.16. The van der Waals surface area contributed by atoms with Gasteiger partial charge >= 0.3 is 6.03 Å². The maximum atomic E-state index is 13.4. The van der Waals surface area contributed by atoms with Crippen LogP contribution in [-0.2, 0) is 16.9 Å². The molecular weight excluding hydrogens is 384 g/mol. The molecule has 4 rings (SSSR count). The summed E-state index contributed by atoms with van der Waals surface area (Å²) in [5.74, 6) is 0.477. The van der Waals surface area contributed by atoms with Gasteiger partial charge in [-0.05, 0) is 47.2 Å². The summed E-state index contributed by atoms with van der Waals surface area (Å²) >= 11 is 1.59. The lowest BCUT2D eigenvalue weighted by atomic mass is 9.88. The molecule has 3 amide bonds. The fourth-order valence-electron chi connectivity index (χ4n) is 3.85. The van der Waals surface area contributed by atoms with Crippen molar-refractivity contribution in [3.63, 3.8) is 0 Å². The number of benzene rings is 3. The van der Waals surface area contributed by atoms with Gasteiger partial charge in [0.25, 0.3) is 5.91 Å². The molecule has 1 N–H and O–H groups in total. The Labute approximate surface area is 174 Å². The second kappa shape index (κ2) is 7.44. The van der Waals surface area contributed by atoms with E-state index in [0.29, 0.717) is 0 Å². The minimum Gasteiger partial charge on any atom is -0.496 e. The summed E-state index contributed by atoms with van der Waals surface area (Å²) < 4.78 is 5.43. The Balaban J connectivity index is 1.68. The lowest BCUT2D eigenvalue weighted by molar-refractivity contribution is -0.131. The molecule has 0 aliphatic carbocycles. The molecule has 3 aromatic carbocycles. The Bertz CT molecular complexity index is 1110. The number of urea groups is 1. The van der Waals surface area contributed by atoms with Crippen molar-refractivity contribution in [3.8, 4) is 5.75 Å². The predicted octanol–water partition coefficient (Wildman–Crippen LogP) is 4.54. The number of hydrogen-bond donors (Lipinski definition) is 1. The normalized spacial score (nSPS) is 18.9. The van der Waals surface area contributed by atoms with Crippen molar-refractivity contribution in [2.24, 2.45) is 0 Å². The molecule has 1 saturated heterocycles. The molecule has 1 aliphatic rings. The van der Waals surface area contributed by atoms with E-state index in [-0.39, 0.29) is 12.5 Å². The van der Waals surface area contributed by atoms with Crippen molar-refractivity contribution < 1.29 is 14.3 Å². The number of hydrogen-bond acceptors (Lipinski definition) is 4. The van der Waals surface area contributed by atoms with Gasteiger partial charge in [-0.2, -0.15) is 0 Å². The zero-order chi connectivity index (χ0) is 20.6. The number of thioether (sulfide) groups is 1. The van der Waals surface area contributed by atoms with E-state index < -0.39 is 11.6 Å². The fraction of sp³-hybridized carbons (Fsp3) is 0.217. The number of methoxy groups -OCH3 is 1. The third-order valence-electron chi connectivity index (χ3n) is 5.39. The molecule has 0 spiro atoms. The number of fused-ring (bicyclic) bond motifs is 1. The average molecular weight is 407 g/mol. The predicted molar refractivity (Wildman–Crippen MR) is 115 cm³/mol. The highest BCUT2D eigenvalue weighted by atomic mass is 32.2. The number of carbonyl (C=O) groups is 2. The lowest BCUT2D eigenvalue weighted by Crippen LogP contribution is -2.41. The van der Waals surface area contributed by atoms with E-state index in [4.69, 9.17) is 4.74 Å². The molecule has 29 heavy (non-hydrogen) atoms. The first-order valence-corrected chi connectivity index (χ1v) is 10.5. The van der Waals surface area contributed by atoms with Crippen LogP contribution in [0.4, 0.5) is 4.79 Å². The van der Waals surface area contributed by atoms with E-state index in [0.717, 1.165) is 32.5 Å². The van der Waals surface area contributed by atoms with Gasteiger partial charge in [0.1, 0.15) is 11.3 Å². The lowest BCUT2D eigenvalue weighted by Gasteiger charge is -2.24. The summed E-state index contributed by atoms with van der Waals surface area (Å²) in [7, 11) is 1.62. The molecule has 0 saturated carbocycles. The Kier molecular flexibility index (Phi) is 4.96. The van der Waals surface area contributed by atoms with Crippen LogP contribution in [0.1, 0.15) is 18.1 Å². The van der Waals surface area contributed by atoms with Crippen molar-refractivity contribution in [1.29, 1.82) is 0 Å². The van der Waals surface area contributed by atoms with Gasteiger partial charge in [-0.1, -0.05) is 48.5 Å². The van der Waals surface area contributed by atoms with E-state index in [1.54, 1.807) is 25.8 Å². The number of amides is 3. The largest absolute Gasteiger partial charge is 0.496 e. The van der Waals surface area contributed by atoms with Crippen molar-refractivity contribution in [2.75, 3.05) is 13.4 Å². The molecule has 1 fully saturated rings. The first-order chi connectivity index (χ1) is 14.0. The van der Waals surface area contributed by atoms with Crippen LogP contribution in [0.5, 0.6) is 5.75 Å². The highest BCUT2D eigenvalue weighted by Crippen LogP contribution is 2.35. The molecule has 0 bridgehead atoms. The summed E-state index contributed by atoms with van der Waals surface area (Å²) in [6.45, 7) is 1.96. The van der Waals surface area contributed by atoms with Crippen molar-refractivity contribution in [1.82, 2.24) is 10.2 Å². The number of nitrogens with zero attached hydrogens (tertiary/aromatic N) is 1. The van der Waals surface area contributed by atoms with Crippen LogP contribution in [0, 0.1) is 0 Å². The van der Waals surface area contributed by atoms with Gasteiger partial charge in [0, 0.05) is 4.90 Å². The van der Waals surface area contributed by atoms with E-state index in [1.807, 2.05) is 66.9 Å².